The number of ether oxygens (including phenoxy) is 4. The SMILES string of the molecule is CCCCOc1nc(N)c2[nH]c(=O)n(-c3ccc(C(=O)OC)cc3)c2n1.CCCCOc1nc(N)c2[nH]c(=O)n(CCc3ccc(C(=O)OC)cc3)c2n1. The predicted molar refractivity (Wildman–Crippen MR) is 200 cm³/mol. The van der Waals surface area contributed by atoms with Crippen molar-refractivity contribution in [3.8, 4) is 17.7 Å². The Balaban J connectivity index is 0.000000208. The summed E-state index contributed by atoms with van der Waals surface area (Å²) < 4.78 is 23.3. The molecular weight excluding hydrogens is 700 g/mol. The van der Waals surface area contributed by atoms with Gasteiger partial charge in [0.2, 0.25) is 0 Å². The maximum atomic E-state index is 12.4. The molecule has 18 heteroatoms. The lowest BCUT2D eigenvalue weighted by Gasteiger charge is -2.07. The van der Waals surface area contributed by atoms with Crippen LogP contribution >= 0.6 is 0 Å². The number of aromatic nitrogens is 8. The van der Waals surface area contributed by atoms with Crippen LogP contribution in [0.4, 0.5) is 11.6 Å². The number of aromatic amines is 2. The number of nitrogen functional groups attached to an aromatic ring is 2. The van der Waals surface area contributed by atoms with Gasteiger partial charge in [0.25, 0.3) is 0 Å². The number of rotatable bonds is 14. The van der Waals surface area contributed by atoms with Gasteiger partial charge in [-0.05, 0) is 61.2 Å². The van der Waals surface area contributed by atoms with Crippen LogP contribution in [0.3, 0.4) is 0 Å². The number of nitrogens with two attached hydrogens (primary N) is 2. The van der Waals surface area contributed by atoms with Crippen molar-refractivity contribution in [2.75, 3.05) is 38.9 Å². The minimum atomic E-state index is -0.457. The van der Waals surface area contributed by atoms with Crippen LogP contribution < -0.4 is 32.3 Å². The third-order valence-corrected chi connectivity index (χ3v) is 8.18. The van der Waals surface area contributed by atoms with E-state index >= 15 is 0 Å². The van der Waals surface area contributed by atoms with E-state index < -0.39 is 11.7 Å². The molecule has 0 aliphatic carbocycles. The Bertz CT molecular complexity index is 2350. The molecule has 4 aromatic heterocycles. The first-order valence-corrected chi connectivity index (χ1v) is 17.2. The fraction of sp³-hybridized carbons (Fsp3) is 0.333. The Morgan fingerprint density at radius 3 is 1.69 bits per heavy atom. The number of hydrogen-bond donors (Lipinski definition) is 4. The number of benzene rings is 2. The van der Waals surface area contributed by atoms with Crippen molar-refractivity contribution in [2.24, 2.45) is 0 Å². The van der Waals surface area contributed by atoms with E-state index in [9.17, 15) is 19.2 Å². The van der Waals surface area contributed by atoms with Crippen molar-refractivity contribution in [2.45, 2.75) is 52.5 Å². The first-order valence-electron chi connectivity index (χ1n) is 17.2. The molecule has 18 nitrogen and oxygen atoms in total. The first-order chi connectivity index (χ1) is 26.1. The Kier molecular flexibility index (Phi) is 12.6. The summed E-state index contributed by atoms with van der Waals surface area (Å²) in [6, 6.07) is 13.7. The van der Waals surface area contributed by atoms with Crippen molar-refractivity contribution in [1.82, 2.24) is 39.0 Å². The van der Waals surface area contributed by atoms with Gasteiger partial charge in [0, 0.05) is 6.54 Å². The number of methoxy groups -OCH3 is 2. The minimum absolute atomic E-state index is 0.113. The van der Waals surface area contributed by atoms with E-state index in [4.69, 9.17) is 25.7 Å². The summed E-state index contributed by atoms with van der Waals surface area (Å²) in [5.41, 5.74) is 14.9. The number of esters is 2. The number of carbonyl (C=O) groups excluding carboxylic acids is 2. The fourth-order valence-corrected chi connectivity index (χ4v) is 5.24. The van der Waals surface area contributed by atoms with E-state index in [0.29, 0.717) is 65.3 Å². The van der Waals surface area contributed by atoms with E-state index in [1.807, 2.05) is 19.1 Å². The van der Waals surface area contributed by atoms with Crippen molar-refractivity contribution in [3.05, 3.63) is 86.2 Å². The molecule has 0 unspecified atom stereocenters. The zero-order chi connectivity index (χ0) is 38.8. The van der Waals surface area contributed by atoms with E-state index in [1.54, 1.807) is 36.4 Å². The summed E-state index contributed by atoms with van der Waals surface area (Å²) in [5.74, 6) is -0.540. The van der Waals surface area contributed by atoms with Gasteiger partial charge in [-0.3, -0.25) is 4.57 Å². The number of carbonyl (C=O) groups is 2. The van der Waals surface area contributed by atoms with Crippen LogP contribution in [0.5, 0.6) is 12.0 Å². The number of H-pyrrole nitrogens is 2. The molecule has 6 rings (SSSR count). The largest absolute Gasteiger partial charge is 0.465 e. The summed E-state index contributed by atoms with van der Waals surface area (Å²) >= 11 is 0. The van der Waals surface area contributed by atoms with Gasteiger partial charge in [0.1, 0.15) is 11.0 Å². The van der Waals surface area contributed by atoms with Gasteiger partial charge in [-0.15, -0.1) is 0 Å². The van der Waals surface area contributed by atoms with Gasteiger partial charge in [-0.2, -0.15) is 19.9 Å². The fourth-order valence-electron chi connectivity index (χ4n) is 5.24. The zero-order valence-corrected chi connectivity index (χ0v) is 30.4. The molecule has 0 fully saturated rings. The van der Waals surface area contributed by atoms with Crippen LogP contribution in [0.1, 0.15) is 65.8 Å². The molecule has 0 saturated carbocycles. The molecular formula is C36H42N10O8. The van der Waals surface area contributed by atoms with Gasteiger partial charge < -0.3 is 40.4 Å². The highest BCUT2D eigenvalue weighted by atomic mass is 16.5. The van der Waals surface area contributed by atoms with E-state index in [2.05, 4.69) is 41.6 Å². The van der Waals surface area contributed by atoms with Crippen LogP contribution in [0, 0.1) is 0 Å². The van der Waals surface area contributed by atoms with Gasteiger partial charge in [0.15, 0.2) is 22.9 Å². The lowest BCUT2D eigenvalue weighted by Crippen LogP contribution is -2.18. The standard InChI is InChI=1S/C19H23N5O4.C17H19N5O4/c1-3-4-11-28-18-22-15(20)14-16(23-18)24(19(26)21-14)10-9-12-5-7-13(8-6-12)17(25)27-2;1-3-4-9-26-16-20-13(18)12-14(21-16)22(17(24)19-12)11-7-5-10(6-8-11)15(23)25-2/h5-8H,3-4,9-11H2,1-2H3,(H,21,26)(H2,20,22,23);5-8H,3-4,9H2,1-2H3,(H,19,24)(H2,18,20,21). The third-order valence-electron chi connectivity index (χ3n) is 8.18. The van der Waals surface area contributed by atoms with Crippen LogP contribution in [-0.2, 0) is 22.4 Å². The maximum absolute atomic E-state index is 12.4. The molecule has 6 aromatic rings. The number of nitrogens with one attached hydrogen (secondary N) is 2. The molecule has 2 aromatic carbocycles. The molecule has 0 bridgehead atoms. The quantitative estimate of drug-likeness (QED) is 0.0920. The van der Waals surface area contributed by atoms with Gasteiger partial charge in [-0.1, -0.05) is 38.8 Å². The molecule has 284 valence electrons. The monoisotopic (exact) mass is 742 g/mol. The average molecular weight is 743 g/mol. The Labute approximate surface area is 308 Å². The summed E-state index contributed by atoms with van der Waals surface area (Å²) in [5, 5.41) is 0. The minimum Gasteiger partial charge on any atom is -0.465 e. The van der Waals surface area contributed by atoms with E-state index in [-0.39, 0.29) is 35.3 Å². The second kappa shape index (κ2) is 17.7. The number of imidazole rings is 2. The second-order valence-corrected chi connectivity index (χ2v) is 11.9. The summed E-state index contributed by atoms with van der Waals surface area (Å²) in [6.45, 7) is 5.45. The number of fused-ring (bicyclic) bond motifs is 2. The summed E-state index contributed by atoms with van der Waals surface area (Å²) in [6.07, 6.45) is 4.27. The summed E-state index contributed by atoms with van der Waals surface area (Å²) in [4.78, 5) is 70.0. The van der Waals surface area contributed by atoms with E-state index in [0.717, 1.165) is 31.2 Å². The molecule has 0 radical (unpaired) electrons. The van der Waals surface area contributed by atoms with Crippen molar-refractivity contribution >= 4 is 45.9 Å². The number of anilines is 2. The maximum Gasteiger partial charge on any atom is 0.337 e. The molecule has 54 heavy (non-hydrogen) atoms. The molecule has 0 atom stereocenters. The number of nitrogens with zero attached hydrogens (tertiary/aromatic N) is 6. The average Bonchev–Trinajstić information content (AvgIpc) is 3.69. The third kappa shape index (κ3) is 8.83. The Morgan fingerprint density at radius 2 is 1.17 bits per heavy atom. The van der Waals surface area contributed by atoms with Crippen LogP contribution in [0.25, 0.3) is 28.0 Å². The highest BCUT2D eigenvalue weighted by Gasteiger charge is 2.17. The first kappa shape index (κ1) is 38.5. The lowest BCUT2D eigenvalue weighted by molar-refractivity contribution is 0.0592. The normalized spacial score (nSPS) is 10.9. The van der Waals surface area contributed by atoms with Crippen LogP contribution in [0.15, 0.2) is 58.1 Å². The van der Waals surface area contributed by atoms with Gasteiger partial charge >= 0.3 is 35.3 Å². The molecule has 0 aliphatic heterocycles. The highest BCUT2D eigenvalue weighted by Crippen LogP contribution is 2.22. The predicted octanol–water partition coefficient (Wildman–Crippen LogP) is 3.57. The van der Waals surface area contributed by atoms with Gasteiger partial charge in [0.05, 0.1) is 44.2 Å². The molecule has 0 amide bonds. The number of aryl methyl sites for hydroxylation is 2. The lowest BCUT2D eigenvalue weighted by atomic mass is 10.1. The Hall–Kier alpha value is -6.72. The molecule has 0 saturated heterocycles. The Morgan fingerprint density at radius 1 is 0.685 bits per heavy atom. The molecule has 4 heterocycles. The van der Waals surface area contributed by atoms with Gasteiger partial charge in [-0.25, -0.2) is 23.7 Å². The molecule has 0 spiro atoms. The van der Waals surface area contributed by atoms with Crippen LogP contribution in [-0.4, -0.2) is 78.4 Å². The number of unbranched alkanes of at least 4 members (excludes halogenated alkanes) is 2. The van der Waals surface area contributed by atoms with E-state index in [1.165, 1.54) is 23.4 Å². The second-order valence-electron chi connectivity index (χ2n) is 11.9. The highest BCUT2D eigenvalue weighted by molar-refractivity contribution is 5.90. The zero-order valence-electron chi connectivity index (χ0n) is 30.4. The summed E-state index contributed by atoms with van der Waals surface area (Å²) in [7, 11) is 2.65. The molecule has 6 N–H and O–H groups in total. The number of hydrogen-bond acceptors (Lipinski definition) is 14. The van der Waals surface area contributed by atoms with Crippen molar-refractivity contribution in [3.63, 3.8) is 0 Å². The van der Waals surface area contributed by atoms with Crippen molar-refractivity contribution in [1.29, 1.82) is 0 Å². The smallest absolute Gasteiger partial charge is 0.337 e. The van der Waals surface area contributed by atoms with Crippen LogP contribution in [0.2, 0.25) is 0 Å². The molecule has 0 aliphatic rings. The topological polar surface area (TPSA) is 250 Å². The van der Waals surface area contributed by atoms with Crippen molar-refractivity contribution < 1.29 is 28.5 Å².